The van der Waals surface area contributed by atoms with Gasteiger partial charge in [-0.05, 0) is 36.8 Å². The molecule has 25 heavy (non-hydrogen) atoms. The van der Waals surface area contributed by atoms with Crippen molar-refractivity contribution in [3.8, 4) is 5.69 Å². The lowest BCUT2D eigenvalue weighted by molar-refractivity contribution is -0.384. The van der Waals surface area contributed by atoms with Crippen molar-refractivity contribution in [1.29, 1.82) is 0 Å². The fourth-order valence-electron chi connectivity index (χ4n) is 2.40. The van der Waals surface area contributed by atoms with Crippen LogP contribution < -0.4 is 0 Å². The van der Waals surface area contributed by atoms with Crippen LogP contribution >= 0.6 is 0 Å². The molecule has 1 aromatic heterocycles. The first kappa shape index (κ1) is 16.4. The molecule has 0 unspecified atom stereocenters. The standard InChI is InChI=1S/C19H17N3O3/c1-15-7-9-17(10-8-15)21-11-3-6-19(21)13-20-25-14-16-4-2-5-18(12-16)22(23)24/h2-13H,14H2,1H3/b20-13-. The Hall–Kier alpha value is -3.41. The van der Waals surface area contributed by atoms with Gasteiger partial charge in [-0.3, -0.25) is 10.1 Å². The summed E-state index contributed by atoms with van der Waals surface area (Å²) in [6.07, 6.45) is 3.57. The van der Waals surface area contributed by atoms with E-state index in [1.54, 1.807) is 18.3 Å². The third-order valence-corrected chi connectivity index (χ3v) is 3.70. The maximum Gasteiger partial charge on any atom is 0.269 e. The predicted octanol–water partition coefficient (Wildman–Crippen LogP) is 4.24. The zero-order valence-electron chi connectivity index (χ0n) is 13.7. The average molecular weight is 335 g/mol. The van der Waals surface area contributed by atoms with Gasteiger partial charge in [0.05, 0.1) is 16.8 Å². The molecule has 0 spiro atoms. The fourth-order valence-corrected chi connectivity index (χ4v) is 2.40. The summed E-state index contributed by atoms with van der Waals surface area (Å²) >= 11 is 0. The van der Waals surface area contributed by atoms with Crippen LogP contribution in [0.3, 0.4) is 0 Å². The number of oxime groups is 1. The molecule has 0 amide bonds. The zero-order chi connectivity index (χ0) is 17.6. The lowest BCUT2D eigenvalue weighted by Gasteiger charge is -2.06. The number of nitrogens with zero attached hydrogens (tertiary/aromatic N) is 3. The van der Waals surface area contributed by atoms with E-state index in [4.69, 9.17) is 4.84 Å². The van der Waals surface area contributed by atoms with E-state index in [-0.39, 0.29) is 12.3 Å². The molecule has 2 aromatic carbocycles. The van der Waals surface area contributed by atoms with Crippen molar-refractivity contribution < 1.29 is 9.76 Å². The summed E-state index contributed by atoms with van der Waals surface area (Å²) < 4.78 is 2.00. The number of aryl methyl sites for hydroxylation is 1. The molecular formula is C19H17N3O3. The molecule has 0 aliphatic heterocycles. The van der Waals surface area contributed by atoms with Crippen LogP contribution in [0.2, 0.25) is 0 Å². The molecule has 0 aliphatic rings. The van der Waals surface area contributed by atoms with Crippen LogP contribution in [0.25, 0.3) is 5.69 Å². The highest BCUT2D eigenvalue weighted by Crippen LogP contribution is 2.14. The molecule has 6 nitrogen and oxygen atoms in total. The summed E-state index contributed by atoms with van der Waals surface area (Å²) in [5.74, 6) is 0. The third kappa shape index (κ3) is 4.11. The SMILES string of the molecule is Cc1ccc(-n2cccc2/C=N\OCc2cccc([N+](=O)[O-])c2)cc1. The normalized spacial score (nSPS) is 10.9. The van der Waals surface area contributed by atoms with Gasteiger partial charge in [-0.15, -0.1) is 0 Å². The minimum atomic E-state index is -0.429. The molecule has 126 valence electrons. The van der Waals surface area contributed by atoms with Crippen LogP contribution in [0.1, 0.15) is 16.8 Å². The van der Waals surface area contributed by atoms with Gasteiger partial charge in [0, 0.05) is 24.0 Å². The van der Waals surface area contributed by atoms with Gasteiger partial charge in [0.25, 0.3) is 5.69 Å². The number of non-ortho nitro benzene ring substituents is 1. The minimum absolute atomic E-state index is 0.0401. The first-order chi connectivity index (χ1) is 12.1. The predicted molar refractivity (Wildman–Crippen MR) is 96.0 cm³/mol. The largest absolute Gasteiger partial charge is 0.391 e. The third-order valence-electron chi connectivity index (χ3n) is 3.70. The van der Waals surface area contributed by atoms with Crippen LogP contribution in [0.5, 0.6) is 0 Å². The second kappa shape index (κ2) is 7.44. The summed E-state index contributed by atoms with van der Waals surface area (Å²) in [5, 5.41) is 14.7. The monoisotopic (exact) mass is 335 g/mol. The molecule has 1 heterocycles. The summed E-state index contributed by atoms with van der Waals surface area (Å²) in [6.45, 7) is 2.22. The van der Waals surface area contributed by atoms with E-state index < -0.39 is 4.92 Å². The van der Waals surface area contributed by atoms with Crippen LogP contribution in [0, 0.1) is 17.0 Å². The Balaban J connectivity index is 1.66. The van der Waals surface area contributed by atoms with Crippen molar-refractivity contribution in [2.45, 2.75) is 13.5 Å². The number of nitro benzene ring substituents is 1. The molecule has 0 fully saturated rings. The molecular weight excluding hydrogens is 318 g/mol. The van der Waals surface area contributed by atoms with E-state index in [1.807, 2.05) is 42.0 Å². The Bertz CT molecular complexity index is 898. The van der Waals surface area contributed by atoms with Gasteiger partial charge in [-0.25, -0.2) is 0 Å². The first-order valence-electron chi connectivity index (χ1n) is 7.76. The van der Waals surface area contributed by atoms with Crippen molar-refractivity contribution in [3.63, 3.8) is 0 Å². The number of hydrogen-bond acceptors (Lipinski definition) is 4. The summed E-state index contributed by atoms with van der Waals surface area (Å²) in [6, 6.07) is 18.4. The molecule has 0 aliphatic carbocycles. The number of nitro groups is 1. The van der Waals surface area contributed by atoms with Crippen molar-refractivity contribution in [2.75, 3.05) is 0 Å². The van der Waals surface area contributed by atoms with Crippen LogP contribution in [0.4, 0.5) is 5.69 Å². The number of aromatic nitrogens is 1. The maximum atomic E-state index is 10.8. The topological polar surface area (TPSA) is 69.7 Å². The van der Waals surface area contributed by atoms with Crippen LogP contribution in [0.15, 0.2) is 72.0 Å². The van der Waals surface area contributed by atoms with Crippen LogP contribution in [-0.2, 0) is 11.4 Å². The second-order valence-electron chi connectivity index (χ2n) is 5.57. The summed E-state index contributed by atoms with van der Waals surface area (Å²) in [4.78, 5) is 15.6. The highest BCUT2D eigenvalue weighted by atomic mass is 16.6. The quantitative estimate of drug-likeness (QED) is 0.384. The van der Waals surface area contributed by atoms with Crippen LogP contribution in [-0.4, -0.2) is 15.7 Å². The lowest BCUT2D eigenvalue weighted by atomic mass is 10.2. The molecule has 0 saturated carbocycles. The fraction of sp³-hybridized carbons (Fsp3) is 0.105. The van der Waals surface area contributed by atoms with E-state index in [2.05, 4.69) is 17.3 Å². The maximum absolute atomic E-state index is 10.8. The molecule has 0 bridgehead atoms. The van der Waals surface area contributed by atoms with Gasteiger partial charge < -0.3 is 9.40 Å². The van der Waals surface area contributed by atoms with Gasteiger partial charge >= 0.3 is 0 Å². The molecule has 6 heteroatoms. The second-order valence-corrected chi connectivity index (χ2v) is 5.57. The molecule has 0 radical (unpaired) electrons. The smallest absolute Gasteiger partial charge is 0.269 e. The van der Waals surface area contributed by atoms with Gasteiger partial charge in [-0.2, -0.15) is 0 Å². The Labute approximate surface area is 145 Å². The lowest BCUT2D eigenvalue weighted by Crippen LogP contribution is -1.98. The molecule has 0 N–H and O–H groups in total. The molecule has 3 aromatic rings. The molecule has 3 rings (SSSR count). The average Bonchev–Trinajstić information content (AvgIpc) is 3.08. The van der Waals surface area contributed by atoms with Crippen molar-refractivity contribution >= 4 is 11.9 Å². The van der Waals surface area contributed by atoms with E-state index in [1.165, 1.54) is 17.7 Å². The highest BCUT2D eigenvalue weighted by Gasteiger charge is 2.05. The molecule has 0 atom stereocenters. The number of benzene rings is 2. The Morgan fingerprint density at radius 2 is 1.96 bits per heavy atom. The Morgan fingerprint density at radius 3 is 2.72 bits per heavy atom. The highest BCUT2D eigenvalue weighted by molar-refractivity contribution is 5.78. The Morgan fingerprint density at radius 1 is 1.16 bits per heavy atom. The van der Waals surface area contributed by atoms with E-state index in [0.717, 1.165) is 11.4 Å². The zero-order valence-corrected chi connectivity index (χ0v) is 13.7. The number of hydrogen-bond donors (Lipinski definition) is 0. The first-order valence-corrected chi connectivity index (χ1v) is 7.76. The van der Waals surface area contributed by atoms with E-state index in [9.17, 15) is 10.1 Å². The van der Waals surface area contributed by atoms with Gasteiger partial charge in [0.15, 0.2) is 0 Å². The number of rotatable bonds is 6. The summed E-state index contributed by atoms with van der Waals surface area (Å²) in [7, 11) is 0. The van der Waals surface area contributed by atoms with Gasteiger partial charge in [-0.1, -0.05) is 35.0 Å². The minimum Gasteiger partial charge on any atom is -0.391 e. The van der Waals surface area contributed by atoms with Crippen molar-refractivity contribution in [3.05, 3.63) is 93.8 Å². The van der Waals surface area contributed by atoms with Crippen molar-refractivity contribution in [1.82, 2.24) is 4.57 Å². The summed E-state index contributed by atoms with van der Waals surface area (Å²) in [5.41, 5.74) is 3.85. The molecule has 0 saturated heterocycles. The Kier molecular flexibility index (Phi) is 4.89. The van der Waals surface area contributed by atoms with Gasteiger partial charge in [0.1, 0.15) is 6.61 Å². The van der Waals surface area contributed by atoms with Crippen molar-refractivity contribution in [2.24, 2.45) is 5.16 Å². The van der Waals surface area contributed by atoms with E-state index >= 15 is 0 Å². The van der Waals surface area contributed by atoms with E-state index in [0.29, 0.717) is 5.56 Å². The van der Waals surface area contributed by atoms with Gasteiger partial charge in [0.2, 0.25) is 0 Å².